The quantitative estimate of drug-likeness (QED) is 0.903. The summed E-state index contributed by atoms with van der Waals surface area (Å²) in [6.45, 7) is 2.82. The van der Waals surface area contributed by atoms with Crippen molar-refractivity contribution in [2.45, 2.75) is 44.8 Å². The lowest BCUT2D eigenvalue weighted by Crippen LogP contribution is -2.15. The van der Waals surface area contributed by atoms with E-state index in [0.29, 0.717) is 0 Å². The van der Waals surface area contributed by atoms with Crippen LogP contribution < -0.4 is 5.73 Å². The predicted octanol–water partition coefficient (Wildman–Crippen LogP) is 1.32. The highest BCUT2D eigenvalue weighted by atomic mass is 32.1. The standard InChI is InChI=1S/C11H17N5OS/c1-7(12)4-5-9-15-16-10(8-3-2-6-17-8)13-14-11(16)18-9/h7-8H,2-6,12H2,1H3. The number of hydrogen-bond acceptors (Lipinski definition) is 6. The summed E-state index contributed by atoms with van der Waals surface area (Å²) in [5.74, 6) is 0.839. The van der Waals surface area contributed by atoms with Crippen molar-refractivity contribution in [2.75, 3.05) is 6.61 Å². The lowest BCUT2D eigenvalue weighted by molar-refractivity contribution is 0.103. The van der Waals surface area contributed by atoms with Gasteiger partial charge in [-0.1, -0.05) is 11.3 Å². The van der Waals surface area contributed by atoms with Crippen molar-refractivity contribution in [3.05, 3.63) is 10.8 Å². The van der Waals surface area contributed by atoms with Crippen LogP contribution in [0.2, 0.25) is 0 Å². The molecule has 2 atom stereocenters. The molecule has 0 radical (unpaired) electrons. The summed E-state index contributed by atoms with van der Waals surface area (Å²) in [5.41, 5.74) is 5.76. The van der Waals surface area contributed by atoms with Gasteiger partial charge in [-0.15, -0.1) is 10.2 Å². The summed E-state index contributed by atoms with van der Waals surface area (Å²) in [4.78, 5) is 0.847. The number of nitrogens with two attached hydrogens (primary N) is 1. The molecule has 3 heterocycles. The van der Waals surface area contributed by atoms with Crippen LogP contribution in [0.4, 0.5) is 0 Å². The molecule has 0 aliphatic carbocycles. The van der Waals surface area contributed by atoms with Gasteiger partial charge in [0.1, 0.15) is 11.1 Å². The topological polar surface area (TPSA) is 78.3 Å². The fourth-order valence-electron chi connectivity index (χ4n) is 2.11. The Balaban J connectivity index is 1.83. The molecule has 2 aromatic heterocycles. The van der Waals surface area contributed by atoms with Crippen LogP contribution in [0.3, 0.4) is 0 Å². The van der Waals surface area contributed by atoms with Gasteiger partial charge in [0, 0.05) is 19.1 Å². The first-order valence-corrected chi connectivity index (χ1v) is 7.14. The van der Waals surface area contributed by atoms with Crippen molar-refractivity contribution < 1.29 is 4.74 Å². The first-order chi connectivity index (χ1) is 8.74. The van der Waals surface area contributed by atoms with E-state index < -0.39 is 0 Å². The second-order valence-electron chi connectivity index (χ2n) is 4.77. The molecule has 3 rings (SSSR count). The summed E-state index contributed by atoms with van der Waals surface area (Å²) >= 11 is 1.59. The average Bonchev–Trinajstić information content (AvgIpc) is 3.01. The maximum Gasteiger partial charge on any atom is 0.234 e. The van der Waals surface area contributed by atoms with Crippen LogP contribution in [0.15, 0.2) is 0 Å². The molecule has 2 unspecified atom stereocenters. The highest BCUT2D eigenvalue weighted by Crippen LogP contribution is 2.28. The Morgan fingerprint density at radius 1 is 1.56 bits per heavy atom. The van der Waals surface area contributed by atoms with Gasteiger partial charge >= 0.3 is 0 Å². The number of aromatic nitrogens is 4. The number of rotatable bonds is 4. The highest BCUT2D eigenvalue weighted by molar-refractivity contribution is 7.16. The molecule has 0 aromatic carbocycles. The SMILES string of the molecule is CC(N)CCc1nn2c(C3CCCO3)nnc2s1. The molecule has 1 saturated heterocycles. The van der Waals surface area contributed by atoms with Gasteiger partial charge in [0.05, 0.1) is 0 Å². The second-order valence-corrected chi connectivity index (χ2v) is 5.81. The fraction of sp³-hybridized carbons (Fsp3) is 0.727. The first kappa shape index (κ1) is 12.0. The van der Waals surface area contributed by atoms with Gasteiger partial charge in [0.15, 0.2) is 5.82 Å². The summed E-state index contributed by atoms with van der Waals surface area (Å²) < 4.78 is 7.46. The Hall–Kier alpha value is -1.05. The van der Waals surface area contributed by atoms with Crippen LogP contribution in [0, 0.1) is 0 Å². The van der Waals surface area contributed by atoms with Gasteiger partial charge in [0.2, 0.25) is 4.96 Å². The first-order valence-electron chi connectivity index (χ1n) is 6.32. The van der Waals surface area contributed by atoms with Crippen LogP contribution in [0.1, 0.15) is 43.1 Å². The largest absolute Gasteiger partial charge is 0.370 e. The monoisotopic (exact) mass is 267 g/mol. The Bertz CT molecular complexity index is 529. The number of nitrogens with zero attached hydrogens (tertiary/aromatic N) is 4. The zero-order valence-corrected chi connectivity index (χ0v) is 11.2. The van der Waals surface area contributed by atoms with E-state index in [0.717, 1.165) is 48.1 Å². The van der Waals surface area contributed by atoms with Gasteiger partial charge in [0.25, 0.3) is 0 Å². The molecule has 1 aliphatic rings. The molecule has 1 fully saturated rings. The van der Waals surface area contributed by atoms with Crippen molar-refractivity contribution in [2.24, 2.45) is 5.73 Å². The molecule has 18 heavy (non-hydrogen) atoms. The Labute approximate surface area is 109 Å². The van der Waals surface area contributed by atoms with E-state index >= 15 is 0 Å². The Kier molecular flexibility index (Phi) is 3.27. The second kappa shape index (κ2) is 4.91. The molecule has 2 aromatic rings. The van der Waals surface area contributed by atoms with E-state index in [1.807, 2.05) is 11.4 Å². The molecule has 98 valence electrons. The van der Waals surface area contributed by atoms with Crippen LogP contribution in [0.5, 0.6) is 0 Å². The number of ether oxygens (including phenoxy) is 1. The molecule has 7 heteroatoms. The van der Waals surface area contributed by atoms with Gasteiger partial charge in [-0.3, -0.25) is 0 Å². The Morgan fingerprint density at radius 3 is 3.17 bits per heavy atom. The van der Waals surface area contributed by atoms with E-state index in [1.165, 1.54) is 0 Å². The van der Waals surface area contributed by atoms with Crippen LogP contribution in [0.25, 0.3) is 4.96 Å². The zero-order valence-electron chi connectivity index (χ0n) is 10.4. The van der Waals surface area contributed by atoms with Gasteiger partial charge < -0.3 is 10.5 Å². The Morgan fingerprint density at radius 2 is 2.44 bits per heavy atom. The van der Waals surface area contributed by atoms with E-state index in [1.54, 1.807) is 11.3 Å². The van der Waals surface area contributed by atoms with Crippen LogP contribution in [-0.2, 0) is 11.2 Å². The molecular formula is C11H17N5OS. The normalized spacial score (nSPS) is 21.8. The molecule has 6 nitrogen and oxygen atoms in total. The molecule has 0 saturated carbocycles. The van der Waals surface area contributed by atoms with E-state index in [4.69, 9.17) is 10.5 Å². The van der Waals surface area contributed by atoms with Crippen molar-refractivity contribution in [3.63, 3.8) is 0 Å². The van der Waals surface area contributed by atoms with Crippen molar-refractivity contribution in [1.29, 1.82) is 0 Å². The lowest BCUT2D eigenvalue weighted by Gasteiger charge is -2.04. The third kappa shape index (κ3) is 2.25. The zero-order chi connectivity index (χ0) is 12.5. The third-order valence-corrected chi connectivity index (χ3v) is 4.05. The molecule has 0 amide bonds. The average molecular weight is 267 g/mol. The molecule has 2 N–H and O–H groups in total. The van der Waals surface area contributed by atoms with Crippen LogP contribution >= 0.6 is 11.3 Å². The molecule has 0 bridgehead atoms. The summed E-state index contributed by atoms with van der Waals surface area (Å²) in [6.07, 6.45) is 3.99. The summed E-state index contributed by atoms with van der Waals surface area (Å²) in [5, 5.41) is 14.0. The van der Waals surface area contributed by atoms with Crippen molar-refractivity contribution in [3.8, 4) is 0 Å². The summed E-state index contributed by atoms with van der Waals surface area (Å²) in [7, 11) is 0. The van der Waals surface area contributed by atoms with Gasteiger partial charge in [-0.05, 0) is 26.2 Å². The minimum atomic E-state index is 0.0587. The van der Waals surface area contributed by atoms with E-state index in [9.17, 15) is 0 Å². The minimum absolute atomic E-state index is 0.0587. The van der Waals surface area contributed by atoms with Crippen molar-refractivity contribution >= 4 is 16.3 Å². The lowest BCUT2D eigenvalue weighted by atomic mass is 10.2. The number of fused-ring (bicyclic) bond motifs is 1. The van der Waals surface area contributed by atoms with Crippen LogP contribution in [-0.4, -0.2) is 32.5 Å². The van der Waals surface area contributed by atoms with Gasteiger partial charge in [-0.2, -0.15) is 9.61 Å². The fourth-order valence-corrected chi connectivity index (χ4v) is 2.96. The minimum Gasteiger partial charge on any atom is -0.370 e. The number of aryl methyl sites for hydroxylation is 1. The van der Waals surface area contributed by atoms with Crippen molar-refractivity contribution in [1.82, 2.24) is 19.8 Å². The molecular weight excluding hydrogens is 250 g/mol. The third-order valence-electron chi connectivity index (χ3n) is 3.09. The maximum absolute atomic E-state index is 5.76. The van der Waals surface area contributed by atoms with Gasteiger partial charge in [-0.25, -0.2) is 0 Å². The molecule has 1 aliphatic heterocycles. The number of hydrogen-bond donors (Lipinski definition) is 1. The maximum atomic E-state index is 5.76. The van der Waals surface area contributed by atoms with E-state index in [-0.39, 0.29) is 12.1 Å². The highest BCUT2D eigenvalue weighted by Gasteiger charge is 2.24. The summed E-state index contributed by atoms with van der Waals surface area (Å²) in [6, 6.07) is 0.206. The smallest absolute Gasteiger partial charge is 0.234 e. The van der Waals surface area contributed by atoms with E-state index in [2.05, 4.69) is 15.3 Å². The molecule has 0 spiro atoms. The predicted molar refractivity (Wildman–Crippen MR) is 68.6 cm³/mol.